The van der Waals surface area contributed by atoms with Crippen LogP contribution in [0.25, 0.3) is 68.1 Å². The van der Waals surface area contributed by atoms with Gasteiger partial charge in [0.05, 0.1) is 0 Å². The third-order valence-corrected chi connectivity index (χ3v) is 10.2. The quantitative estimate of drug-likeness (QED) is 0.145. The monoisotopic (exact) mass is 872 g/mol. The van der Waals surface area contributed by atoms with Crippen molar-refractivity contribution < 1.29 is 10.0 Å². The lowest BCUT2D eigenvalue weighted by Gasteiger charge is -2.12. The van der Waals surface area contributed by atoms with Gasteiger partial charge >= 0.3 is 7.12 Å². The fraction of sp³-hybridized carbons (Fsp3) is 0. The Balaban J connectivity index is 0.000000144. The Morgan fingerprint density at radius 3 is 1.03 bits per heavy atom. The van der Waals surface area contributed by atoms with Gasteiger partial charge in [-0.1, -0.05) is 162 Å². The van der Waals surface area contributed by atoms with Crippen molar-refractivity contribution in [1.29, 1.82) is 0 Å². The van der Waals surface area contributed by atoms with Gasteiger partial charge in [-0.05, 0) is 59.7 Å². The first-order chi connectivity index (χ1) is 30.5. The molecule has 0 unspecified atom stereocenters. The van der Waals surface area contributed by atoms with E-state index in [1.54, 1.807) is 24.5 Å². The maximum Gasteiger partial charge on any atom is 0.490 e. The number of pyridine rings is 2. The van der Waals surface area contributed by atoms with E-state index in [1.165, 1.54) is 6.20 Å². The summed E-state index contributed by atoms with van der Waals surface area (Å²) < 4.78 is 5.25. The predicted octanol–water partition coefficient (Wildman–Crippen LogP) is 9.79. The molecule has 0 aliphatic rings. The van der Waals surface area contributed by atoms with Crippen molar-refractivity contribution in [2.24, 2.45) is 0 Å². The van der Waals surface area contributed by atoms with Crippen LogP contribution in [0.5, 0.6) is 0 Å². The van der Waals surface area contributed by atoms with E-state index in [-0.39, 0.29) is 0 Å². The number of aromatic nitrogens is 8. The average molecular weight is 874 g/mol. The third kappa shape index (κ3) is 9.86. The van der Waals surface area contributed by atoms with Crippen molar-refractivity contribution in [3.8, 4) is 68.1 Å². The zero-order valence-electron chi connectivity index (χ0n) is 33.2. The van der Waals surface area contributed by atoms with E-state index in [2.05, 4.69) is 122 Å². The molecule has 0 saturated carbocycles. The fourth-order valence-corrected chi connectivity index (χ4v) is 6.87. The van der Waals surface area contributed by atoms with E-state index in [1.807, 2.05) is 121 Å². The Morgan fingerprint density at radius 2 is 0.710 bits per heavy atom. The third-order valence-electron chi connectivity index (χ3n) is 9.64. The predicted molar refractivity (Wildman–Crippen MR) is 249 cm³/mol. The lowest BCUT2D eigenvalue weighted by atomic mass is 9.82. The minimum atomic E-state index is -1.40. The van der Waals surface area contributed by atoms with Crippen LogP contribution in [0, 0.1) is 0 Å². The van der Waals surface area contributed by atoms with Crippen LogP contribution in [-0.4, -0.2) is 56.7 Å². The number of nitrogens with zero attached hydrogens (tertiary/aromatic N) is 8. The lowest BCUT2D eigenvalue weighted by molar-refractivity contribution is 0.425. The molecule has 10 aromatic rings. The van der Waals surface area contributed by atoms with Crippen LogP contribution in [0.1, 0.15) is 0 Å². The summed E-state index contributed by atoms with van der Waals surface area (Å²) in [6.45, 7) is 0. The van der Waals surface area contributed by atoms with E-state index in [4.69, 9.17) is 10.0 Å². The first-order valence-electron chi connectivity index (χ1n) is 19.7. The van der Waals surface area contributed by atoms with Gasteiger partial charge < -0.3 is 10.0 Å². The van der Waals surface area contributed by atoms with Gasteiger partial charge in [0.2, 0.25) is 0 Å². The molecule has 0 bridgehead atoms. The van der Waals surface area contributed by atoms with Crippen molar-refractivity contribution >= 4 is 28.5 Å². The van der Waals surface area contributed by atoms with Gasteiger partial charge in [-0.25, -0.2) is 0 Å². The van der Waals surface area contributed by atoms with Gasteiger partial charge in [0.15, 0.2) is 23.3 Å². The second-order valence-electron chi connectivity index (χ2n) is 13.8. The average Bonchev–Trinajstić information content (AvgIpc) is 4.00. The number of halogens is 1. The molecule has 0 fully saturated rings. The van der Waals surface area contributed by atoms with Gasteiger partial charge in [0.25, 0.3) is 0 Å². The van der Waals surface area contributed by atoms with Crippen molar-refractivity contribution in [3.63, 3.8) is 0 Å². The number of hydrogen-bond acceptors (Lipinski definition) is 8. The maximum absolute atomic E-state index is 8.54. The Bertz CT molecular complexity index is 2790. The van der Waals surface area contributed by atoms with Crippen LogP contribution in [0.4, 0.5) is 0 Å². The molecule has 2 N–H and O–H groups in total. The molecule has 0 saturated heterocycles. The molecule has 0 atom stereocenters. The molecule has 4 aromatic heterocycles. The Morgan fingerprint density at radius 1 is 0.355 bits per heavy atom. The highest BCUT2D eigenvalue weighted by Crippen LogP contribution is 2.31. The number of hydrogen-bond donors (Lipinski definition) is 2. The highest BCUT2D eigenvalue weighted by Gasteiger charge is 2.18. The molecule has 10 nitrogen and oxygen atoms in total. The lowest BCUT2D eigenvalue weighted by Crippen LogP contribution is -2.29. The molecule has 10 rings (SSSR count). The molecule has 0 aliphatic carbocycles. The second-order valence-corrected chi connectivity index (χ2v) is 14.7. The summed E-state index contributed by atoms with van der Waals surface area (Å²) in [5.74, 6) is 3.30. The van der Waals surface area contributed by atoms with E-state index >= 15 is 0 Å². The summed E-state index contributed by atoms with van der Waals surface area (Å²) in [6, 6.07) is 64.4. The van der Waals surface area contributed by atoms with Crippen LogP contribution in [-0.2, 0) is 0 Å². The van der Waals surface area contributed by atoms with E-state index in [9.17, 15) is 0 Å². The molecular formula is C50H38BBrN8O2. The van der Waals surface area contributed by atoms with Gasteiger partial charge in [-0.15, -0.1) is 20.4 Å². The molecule has 0 amide bonds. The van der Waals surface area contributed by atoms with E-state index in [0.717, 1.165) is 72.5 Å². The number of rotatable bonds is 8. The molecule has 4 heterocycles. The standard InChI is InChI=1S/C25H18N4.C20H14BrN3.C5H6BNO2/c1-3-8-20(9-4-1)24-27-28-25(21-10-5-2-6-11-21)29(24)23-15-13-19(14-16-23)22-12-7-17-26-18-22;21-17-11-13-18(14-12-17)24-19(15-7-3-1-4-8-15)22-23-20(24)16-9-5-2-6-10-16;8-6(9)5-2-1-3-7-4-5/h1-18H;1-14H;1-4,8-9H. The number of benzene rings is 6. The van der Waals surface area contributed by atoms with Crippen molar-refractivity contribution in [2.45, 2.75) is 0 Å². The molecule has 0 radical (unpaired) electrons. The molecule has 62 heavy (non-hydrogen) atoms. The highest BCUT2D eigenvalue weighted by atomic mass is 79.9. The SMILES string of the molecule is Brc1ccc(-n2c(-c3ccccc3)nnc2-c2ccccc2)cc1.OB(O)c1cccnc1.c1ccc(-c2nnc(-c3ccccc3)n2-c2ccc(-c3cccnc3)cc2)cc1. The van der Waals surface area contributed by atoms with E-state index < -0.39 is 7.12 Å². The van der Waals surface area contributed by atoms with Crippen molar-refractivity contribution in [2.75, 3.05) is 0 Å². The summed E-state index contributed by atoms with van der Waals surface area (Å²) >= 11 is 3.50. The molecule has 0 aliphatic heterocycles. The van der Waals surface area contributed by atoms with Gasteiger partial charge in [0, 0.05) is 68.4 Å². The normalized spacial score (nSPS) is 10.5. The summed E-state index contributed by atoms with van der Waals surface area (Å²) in [6.07, 6.45) is 6.64. The van der Waals surface area contributed by atoms with E-state index in [0.29, 0.717) is 5.46 Å². The largest absolute Gasteiger partial charge is 0.490 e. The van der Waals surface area contributed by atoms with Crippen molar-refractivity contribution in [1.82, 2.24) is 39.5 Å². The summed E-state index contributed by atoms with van der Waals surface area (Å²) in [5, 5.41) is 35.0. The molecule has 12 heteroatoms. The first-order valence-corrected chi connectivity index (χ1v) is 20.5. The zero-order chi connectivity index (χ0) is 42.5. The smallest absolute Gasteiger partial charge is 0.423 e. The minimum Gasteiger partial charge on any atom is -0.423 e. The molecular weight excluding hydrogens is 835 g/mol. The molecule has 6 aromatic carbocycles. The minimum absolute atomic E-state index is 0.414. The maximum atomic E-state index is 8.54. The van der Waals surface area contributed by atoms with Crippen LogP contribution >= 0.6 is 15.9 Å². The summed E-state index contributed by atoms with van der Waals surface area (Å²) in [7, 11) is -1.40. The Labute approximate surface area is 367 Å². The van der Waals surface area contributed by atoms with Crippen LogP contribution in [0.3, 0.4) is 0 Å². The molecule has 300 valence electrons. The van der Waals surface area contributed by atoms with Crippen LogP contribution in [0.2, 0.25) is 0 Å². The van der Waals surface area contributed by atoms with Gasteiger partial charge in [0.1, 0.15) is 0 Å². The fourth-order valence-electron chi connectivity index (χ4n) is 6.61. The summed E-state index contributed by atoms with van der Waals surface area (Å²) in [5.41, 5.74) is 8.80. The topological polar surface area (TPSA) is 128 Å². The van der Waals surface area contributed by atoms with Gasteiger partial charge in [-0.3, -0.25) is 19.1 Å². The Hall–Kier alpha value is -7.64. The van der Waals surface area contributed by atoms with Gasteiger partial charge in [-0.2, -0.15) is 0 Å². The molecule has 0 spiro atoms. The first kappa shape index (κ1) is 41.1. The van der Waals surface area contributed by atoms with Crippen LogP contribution < -0.4 is 5.46 Å². The van der Waals surface area contributed by atoms with Crippen LogP contribution in [0.15, 0.2) is 223 Å². The second kappa shape index (κ2) is 20.1. The zero-order valence-corrected chi connectivity index (χ0v) is 34.8. The summed E-state index contributed by atoms with van der Waals surface area (Å²) in [4.78, 5) is 7.90. The van der Waals surface area contributed by atoms with Crippen molar-refractivity contribution in [3.05, 3.63) is 223 Å². The highest BCUT2D eigenvalue weighted by molar-refractivity contribution is 9.10. The Kier molecular flexibility index (Phi) is 13.3.